The van der Waals surface area contributed by atoms with Crippen molar-refractivity contribution in [1.82, 2.24) is 15.6 Å². The van der Waals surface area contributed by atoms with Crippen molar-refractivity contribution in [2.45, 2.75) is 38.3 Å². The summed E-state index contributed by atoms with van der Waals surface area (Å²) in [7, 11) is 1.85. The number of rotatable bonds is 6. The Labute approximate surface area is 187 Å². The van der Waals surface area contributed by atoms with E-state index in [4.69, 9.17) is 0 Å². The number of carbonyl (C=O) groups is 1. The molecule has 31 heavy (non-hydrogen) atoms. The molecule has 0 spiro atoms. The molecule has 0 aliphatic carbocycles. The highest BCUT2D eigenvalue weighted by Crippen LogP contribution is 2.34. The fourth-order valence-electron chi connectivity index (χ4n) is 4.76. The lowest BCUT2D eigenvalue weighted by atomic mass is 10.1. The first-order valence-corrected chi connectivity index (χ1v) is 11.9. The molecule has 0 saturated carbocycles. The summed E-state index contributed by atoms with van der Waals surface area (Å²) < 4.78 is 0. The number of thiophene rings is 1. The lowest BCUT2D eigenvalue weighted by Crippen LogP contribution is -2.51. The van der Waals surface area contributed by atoms with E-state index in [1.807, 2.05) is 26.1 Å². The van der Waals surface area contributed by atoms with Gasteiger partial charge in [0.25, 0.3) is 5.91 Å². The molecule has 1 aromatic carbocycles. The molecule has 0 unspecified atom stereocenters. The minimum absolute atomic E-state index is 0.0436. The van der Waals surface area contributed by atoms with Gasteiger partial charge >= 0.3 is 0 Å². The normalized spacial score (nSPS) is 20.3. The van der Waals surface area contributed by atoms with E-state index in [1.54, 1.807) is 0 Å². The molecule has 0 radical (unpaired) electrons. The average molecular weight is 436 g/mol. The van der Waals surface area contributed by atoms with Gasteiger partial charge in [-0.25, -0.2) is 4.98 Å². The number of hydrogen-bond acceptors (Lipinski definition) is 6. The number of aromatic nitrogens is 1. The van der Waals surface area contributed by atoms with Crippen LogP contribution < -0.4 is 20.9 Å². The Balaban J connectivity index is 1.19. The van der Waals surface area contributed by atoms with Gasteiger partial charge in [-0.1, -0.05) is 12.1 Å². The molecule has 2 aliphatic rings. The predicted octanol–water partition coefficient (Wildman–Crippen LogP) is 3.56. The molecule has 7 heteroatoms. The van der Waals surface area contributed by atoms with E-state index in [9.17, 15) is 4.79 Å². The second-order valence-electron chi connectivity index (χ2n) is 8.58. The zero-order valence-electron chi connectivity index (χ0n) is 18.1. The molecule has 1 amide bonds. The van der Waals surface area contributed by atoms with Crippen LogP contribution in [0.2, 0.25) is 0 Å². The summed E-state index contributed by atoms with van der Waals surface area (Å²) in [6.07, 6.45) is 3.41. The van der Waals surface area contributed by atoms with Crippen LogP contribution in [0.15, 0.2) is 36.4 Å². The minimum atomic E-state index is -0.0436. The summed E-state index contributed by atoms with van der Waals surface area (Å²) in [6, 6.07) is 14.1. The molecule has 5 rings (SSSR count). The first-order chi connectivity index (χ1) is 15.1. The average Bonchev–Trinajstić information content (AvgIpc) is 3.32. The molecule has 2 bridgehead atoms. The fraction of sp³-hybridized carbons (Fsp3) is 0.417. The standard InChI is InChI=1S/C24H29N5OS/c1-15-3-10-20-21(25-2)22(31-24(20)27-15)23(30)26-12-11-16-4-8-19(9-5-16)29-13-17-6-7-18(14-29)28-17/h3-5,8-10,17-18,25,28H,6-7,11-14H2,1-2H3,(H,26,30)/t17-,18+. The first-order valence-electron chi connectivity index (χ1n) is 11.1. The Bertz CT molecular complexity index is 1080. The molecule has 162 valence electrons. The van der Waals surface area contributed by atoms with E-state index in [-0.39, 0.29) is 5.91 Å². The molecule has 2 aromatic heterocycles. The van der Waals surface area contributed by atoms with Crippen LogP contribution in [-0.2, 0) is 6.42 Å². The maximum atomic E-state index is 12.8. The second-order valence-corrected chi connectivity index (χ2v) is 9.58. The summed E-state index contributed by atoms with van der Waals surface area (Å²) in [4.78, 5) is 21.5. The summed E-state index contributed by atoms with van der Waals surface area (Å²) >= 11 is 1.44. The van der Waals surface area contributed by atoms with E-state index in [0.717, 1.165) is 41.1 Å². The van der Waals surface area contributed by atoms with Gasteiger partial charge in [-0.2, -0.15) is 0 Å². The lowest BCUT2D eigenvalue weighted by molar-refractivity contribution is 0.0959. The Morgan fingerprint density at radius 2 is 1.90 bits per heavy atom. The molecule has 3 aromatic rings. The number of piperazine rings is 1. The van der Waals surface area contributed by atoms with Crippen molar-refractivity contribution < 1.29 is 4.79 Å². The van der Waals surface area contributed by atoms with Crippen LogP contribution in [0.1, 0.15) is 33.8 Å². The van der Waals surface area contributed by atoms with Crippen LogP contribution in [0.3, 0.4) is 0 Å². The van der Waals surface area contributed by atoms with Crippen molar-refractivity contribution in [3.63, 3.8) is 0 Å². The zero-order valence-corrected chi connectivity index (χ0v) is 18.9. The molecule has 6 nitrogen and oxygen atoms in total. The van der Waals surface area contributed by atoms with Crippen molar-refractivity contribution in [3.05, 3.63) is 52.5 Å². The highest BCUT2D eigenvalue weighted by Gasteiger charge is 2.32. The fourth-order valence-corrected chi connectivity index (χ4v) is 5.90. The number of hydrogen-bond donors (Lipinski definition) is 3. The van der Waals surface area contributed by atoms with E-state index < -0.39 is 0 Å². The molecule has 4 heterocycles. The smallest absolute Gasteiger partial charge is 0.263 e. The third kappa shape index (κ3) is 4.12. The van der Waals surface area contributed by atoms with E-state index >= 15 is 0 Å². The van der Waals surface area contributed by atoms with Gasteiger partial charge in [0.1, 0.15) is 9.71 Å². The van der Waals surface area contributed by atoms with Gasteiger partial charge in [-0.15, -0.1) is 11.3 Å². The van der Waals surface area contributed by atoms with Crippen LogP contribution in [0, 0.1) is 6.92 Å². The molecule has 2 saturated heterocycles. The number of nitrogens with zero attached hydrogens (tertiary/aromatic N) is 2. The number of anilines is 2. The number of nitrogens with one attached hydrogen (secondary N) is 3. The van der Waals surface area contributed by atoms with Gasteiger partial charge in [-0.3, -0.25) is 4.79 Å². The molecule has 2 atom stereocenters. The molecular formula is C24H29N5OS. The monoisotopic (exact) mass is 435 g/mol. The van der Waals surface area contributed by atoms with E-state index in [2.05, 4.69) is 50.1 Å². The Hall–Kier alpha value is -2.64. The summed E-state index contributed by atoms with van der Waals surface area (Å²) in [5, 5.41) is 10.9. The first kappa shape index (κ1) is 20.3. The quantitative estimate of drug-likeness (QED) is 0.552. The second kappa shape index (κ2) is 8.48. The highest BCUT2D eigenvalue weighted by molar-refractivity contribution is 7.21. The maximum Gasteiger partial charge on any atom is 0.263 e. The number of amides is 1. The largest absolute Gasteiger partial charge is 0.386 e. The van der Waals surface area contributed by atoms with Crippen molar-refractivity contribution in [1.29, 1.82) is 0 Å². The summed E-state index contributed by atoms with van der Waals surface area (Å²) in [5.41, 5.74) is 4.36. The van der Waals surface area contributed by atoms with Gasteiger partial charge in [0.05, 0.1) is 5.69 Å². The van der Waals surface area contributed by atoms with Crippen LogP contribution >= 0.6 is 11.3 Å². The van der Waals surface area contributed by atoms with Crippen molar-refractivity contribution >= 4 is 38.8 Å². The summed E-state index contributed by atoms with van der Waals surface area (Å²) in [6.45, 7) is 4.78. The number of pyridine rings is 1. The minimum Gasteiger partial charge on any atom is -0.386 e. The third-order valence-electron chi connectivity index (χ3n) is 6.37. The van der Waals surface area contributed by atoms with Crippen molar-refractivity contribution in [2.24, 2.45) is 0 Å². The van der Waals surface area contributed by atoms with Gasteiger partial charge in [-0.05, 0) is 56.0 Å². The summed E-state index contributed by atoms with van der Waals surface area (Å²) in [5.74, 6) is -0.0436. The predicted molar refractivity (Wildman–Crippen MR) is 129 cm³/mol. The van der Waals surface area contributed by atoms with E-state index in [1.165, 1.54) is 35.4 Å². The molecule has 2 aliphatic heterocycles. The van der Waals surface area contributed by atoms with Crippen molar-refractivity contribution in [3.8, 4) is 0 Å². The third-order valence-corrected chi connectivity index (χ3v) is 7.47. The van der Waals surface area contributed by atoms with Gasteiger partial charge in [0.2, 0.25) is 0 Å². The number of carbonyl (C=O) groups excluding carboxylic acids is 1. The van der Waals surface area contributed by atoms with Gasteiger partial charge in [0, 0.05) is 55.5 Å². The highest BCUT2D eigenvalue weighted by atomic mass is 32.1. The Morgan fingerprint density at radius 3 is 2.61 bits per heavy atom. The van der Waals surface area contributed by atoms with Gasteiger partial charge < -0.3 is 20.9 Å². The number of benzene rings is 1. The topological polar surface area (TPSA) is 69.3 Å². The lowest BCUT2D eigenvalue weighted by Gasteiger charge is -2.34. The number of aryl methyl sites for hydroxylation is 1. The van der Waals surface area contributed by atoms with Gasteiger partial charge in [0.15, 0.2) is 0 Å². The van der Waals surface area contributed by atoms with Crippen LogP contribution in [-0.4, -0.2) is 49.7 Å². The van der Waals surface area contributed by atoms with E-state index in [0.29, 0.717) is 23.5 Å². The van der Waals surface area contributed by atoms with Crippen LogP contribution in [0.25, 0.3) is 10.2 Å². The van der Waals surface area contributed by atoms with Crippen molar-refractivity contribution in [2.75, 3.05) is 36.9 Å². The zero-order chi connectivity index (χ0) is 21.4. The van der Waals surface area contributed by atoms with Crippen LogP contribution in [0.5, 0.6) is 0 Å². The Kier molecular flexibility index (Phi) is 5.54. The maximum absolute atomic E-state index is 12.8. The number of fused-ring (bicyclic) bond motifs is 3. The SMILES string of the molecule is CNc1c(C(=O)NCCc2ccc(N3C[C@H]4CC[C@@H](C3)N4)cc2)sc2nc(C)ccc12. The molecular weight excluding hydrogens is 406 g/mol. The Morgan fingerprint density at radius 1 is 1.16 bits per heavy atom. The molecule has 2 fully saturated rings. The van der Waals surface area contributed by atoms with Crippen LogP contribution in [0.4, 0.5) is 11.4 Å². The molecule has 3 N–H and O–H groups in total.